The van der Waals surface area contributed by atoms with Crippen molar-refractivity contribution in [3.05, 3.63) is 81.7 Å². The van der Waals surface area contributed by atoms with Crippen molar-refractivity contribution in [3.63, 3.8) is 0 Å². The summed E-state index contributed by atoms with van der Waals surface area (Å²) in [7, 11) is 3.99. The molecule has 1 N–H and O–H groups in total. The van der Waals surface area contributed by atoms with Crippen LogP contribution in [0.3, 0.4) is 0 Å². The van der Waals surface area contributed by atoms with Gasteiger partial charge in [-0.25, -0.2) is 14.4 Å². The van der Waals surface area contributed by atoms with Crippen LogP contribution in [0.4, 0.5) is 0 Å². The number of hydrogen-bond donors (Lipinski definition) is 1. The van der Waals surface area contributed by atoms with Crippen LogP contribution in [0.2, 0.25) is 0 Å². The van der Waals surface area contributed by atoms with Crippen molar-refractivity contribution in [1.29, 1.82) is 0 Å². The molecular formula is C26H27NO7. The van der Waals surface area contributed by atoms with Crippen LogP contribution in [0, 0.1) is 6.92 Å². The first-order chi connectivity index (χ1) is 16.2. The average molecular weight is 466 g/mol. The van der Waals surface area contributed by atoms with Crippen LogP contribution >= 0.6 is 0 Å². The van der Waals surface area contributed by atoms with E-state index in [0.29, 0.717) is 22.5 Å². The highest BCUT2D eigenvalue weighted by atomic mass is 16.6. The van der Waals surface area contributed by atoms with Crippen molar-refractivity contribution in [3.8, 4) is 11.5 Å². The Morgan fingerprint density at radius 3 is 1.88 bits per heavy atom. The molecule has 0 atom stereocenters. The Morgan fingerprint density at radius 1 is 0.765 bits per heavy atom. The molecule has 8 nitrogen and oxygen atoms in total. The minimum absolute atomic E-state index is 0.203. The number of benzene rings is 2. The smallest absolute Gasteiger partial charge is 0.343 e. The summed E-state index contributed by atoms with van der Waals surface area (Å²) in [6.07, 6.45) is 0. The van der Waals surface area contributed by atoms with Crippen LogP contribution in [0.5, 0.6) is 11.5 Å². The van der Waals surface area contributed by atoms with Crippen LogP contribution in [-0.2, 0) is 19.1 Å². The number of esters is 3. The SMILES string of the molecule is COC(=O)C1=C(C)NC(C)=C(C(=O)OC)C1c1ccc(OC(=O)c2ccccc2C)c(OC)c1. The number of allylic oxidation sites excluding steroid dienone is 2. The molecule has 3 rings (SSSR count). The van der Waals surface area contributed by atoms with Gasteiger partial charge in [0.25, 0.3) is 0 Å². The summed E-state index contributed by atoms with van der Waals surface area (Å²) in [5.41, 5.74) is 3.41. The number of aryl methyl sites for hydroxylation is 1. The molecule has 0 aromatic heterocycles. The third-order valence-electron chi connectivity index (χ3n) is 5.66. The molecule has 2 aromatic rings. The maximum absolute atomic E-state index is 12.7. The van der Waals surface area contributed by atoms with E-state index in [1.165, 1.54) is 21.3 Å². The van der Waals surface area contributed by atoms with E-state index in [4.69, 9.17) is 18.9 Å². The molecule has 1 heterocycles. The molecular weight excluding hydrogens is 438 g/mol. The number of carbonyl (C=O) groups excluding carboxylic acids is 3. The van der Waals surface area contributed by atoms with Gasteiger partial charge in [-0.15, -0.1) is 0 Å². The highest BCUT2D eigenvalue weighted by Gasteiger charge is 2.38. The molecule has 2 aromatic carbocycles. The molecule has 0 spiro atoms. The first kappa shape index (κ1) is 24.6. The lowest BCUT2D eigenvalue weighted by Crippen LogP contribution is -2.32. The van der Waals surface area contributed by atoms with E-state index in [1.807, 2.05) is 19.1 Å². The zero-order valence-electron chi connectivity index (χ0n) is 20.0. The number of nitrogens with one attached hydrogen (secondary N) is 1. The minimum atomic E-state index is -0.781. The Bertz CT molecular complexity index is 1170. The Balaban J connectivity index is 2.08. The molecule has 178 valence electrons. The fourth-order valence-corrected chi connectivity index (χ4v) is 3.99. The van der Waals surface area contributed by atoms with E-state index >= 15 is 0 Å². The predicted molar refractivity (Wildman–Crippen MR) is 124 cm³/mol. The van der Waals surface area contributed by atoms with Crippen molar-refractivity contribution in [2.45, 2.75) is 26.7 Å². The van der Waals surface area contributed by atoms with Crippen molar-refractivity contribution in [2.24, 2.45) is 0 Å². The lowest BCUT2D eigenvalue weighted by Gasteiger charge is -2.30. The highest BCUT2D eigenvalue weighted by Crippen LogP contribution is 2.42. The first-order valence-corrected chi connectivity index (χ1v) is 10.5. The molecule has 0 amide bonds. The van der Waals surface area contributed by atoms with Crippen molar-refractivity contribution >= 4 is 17.9 Å². The number of carbonyl (C=O) groups is 3. The molecule has 0 bridgehead atoms. The molecule has 0 saturated carbocycles. The van der Waals surface area contributed by atoms with Crippen molar-refractivity contribution in [1.82, 2.24) is 5.32 Å². The Hall–Kier alpha value is -4.07. The maximum atomic E-state index is 12.7. The minimum Gasteiger partial charge on any atom is -0.493 e. The second-order valence-corrected chi connectivity index (χ2v) is 7.73. The van der Waals surface area contributed by atoms with E-state index in [0.717, 1.165) is 5.56 Å². The maximum Gasteiger partial charge on any atom is 0.343 e. The predicted octanol–water partition coefficient (Wildman–Crippen LogP) is 3.80. The molecule has 8 heteroatoms. The van der Waals surface area contributed by atoms with Gasteiger partial charge in [-0.2, -0.15) is 0 Å². The number of hydrogen-bond acceptors (Lipinski definition) is 8. The number of rotatable bonds is 6. The fourth-order valence-electron chi connectivity index (χ4n) is 3.99. The van der Waals surface area contributed by atoms with Gasteiger partial charge >= 0.3 is 17.9 Å². The van der Waals surface area contributed by atoms with E-state index < -0.39 is 23.8 Å². The van der Waals surface area contributed by atoms with Gasteiger partial charge in [0.05, 0.1) is 44.0 Å². The summed E-state index contributed by atoms with van der Waals surface area (Å²) in [5.74, 6) is -2.01. The van der Waals surface area contributed by atoms with Gasteiger partial charge in [-0.3, -0.25) is 0 Å². The van der Waals surface area contributed by atoms with E-state index in [2.05, 4.69) is 5.32 Å². The molecule has 0 fully saturated rings. The van der Waals surface area contributed by atoms with E-state index in [9.17, 15) is 14.4 Å². The van der Waals surface area contributed by atoms with Crippen LogP contribution < -0.4 is 14.8 Å². The third kappa shape index (κ3) is 4.66. The lowest BCUT2D eigenvalue weighted by molar-refractivity contribution is -0.137. The van der Waals surface area contributed by atoms with Gasteiger partial charge in [-0.1, -0.05) is 24.3 Å². The molecule has 0 unspecified atom stereocenters. The molecule has 34 heavy (non-hydrogen) atoms. The second-order valence-electron chi connectivity index (χ2n) is 7.73. The Labute approximate surface area is 198 Å². The highest BCUT2D eigenvalue weighted by molar-refractivity contribution is 6.00. The second kappa shape index (κ2) is 10.2. The van der Waals surface area contributed by atoms with E-state index in [-0.39, 0.29) is 22.6 Å². The molecule has 0 radical (unpaired) electrons. The van der Waals surface area contributed by atoms with Gasteiger partial charge in [0.2, 0.25) is 0 Å². The molecule has 1 aliphatic heterocycles. The van der Waals surface area contributed by atoms with Crippen molar-refractivity contribution < 1.29 is 33.3 Å². The molecule has 0 aliphatic carbocycles. The van der Waals surface area contributed by atoms with Gasteiger partial charge in [0.15, 0.2) is 11.5 Å². The molecule has 0 saturated heterocycles. The van der Waals surface area contributed by atoms with Crippen molar-refractivity contribution in [2.75, 3.05) is 21.3 Å². The number of dihydropyridines is 1. The van der Waals surface area contributed by atoms with Gasteiger partial charge in [-0.05, 0) is 50.1 Å². The lowest BCUT2D eigenvalue weighted by atomic mass is 9.80. The number of ether oxygens (including phenoxy) is 4. The summed E-state index contributed by atoms with van der Waals surface area (Å²) in [5, 5.41) is 3.06. The van der Waals surface area contributed by atoms with Crippen LogP contribution in [-0.4, -0.2) is 39.2 Å². The monoisotopic (exact) mass is 465 g/mol. The quantitative estimate of drug-likeness (QED) is 0.508. The first-order valence-electron chi connectivity index (χ1n) is 10.5. The third-order valence-corrected chi connectivity index (χ3v) is 5.66. The average Bonchev–Trinajstić information content (AvgIpc) is 2.83. The summed E-state index contributed by atoms with van der Waals surface area (Å²) >= 11 is 0. The summed E-state index contributed by atoms with van der Waals surface area (Å²) in [6.45, 7) is 5.28. The van der Waals surface area contributed by atoms with Crippen LogP contribution in [0.15, 0.2) is 65.0 Å². The summed E-state index contributed by atoms with van der Waals surface area (Å²) in [4.78, 5) is 38.1. The number of methoxy groups -OCH3 is 3. The van der Waals surface area contributed by atoms with Gasteiger partial charge < -0.3 is 24.3 Å². The van der Waals surface area contributed by atoms with Crippen LogP contribution in [0.25, 0.3) is 0 Å². The fraction of sp³-hybridized carbons (Fsp3) is 0.269. The normalized spacial score (nSPS) is 13.8. The Morgan fingerprint density at radius 2 is 1.35 bits per heavy atom. The topological polar surface area (TPSA) is 100 Å². The summed E-state index contributed by atoms with van der Waals surface area (Å²) in [6, 6.07) is 12.0. The van der Waals surface area contributed by atoms with Gasteiger partial charge in [0.1, 0.15) is 0 Å². The van der Waals surface area contributed by atoms with Gasteiger partial charge in [0, 0.05) is 11.4 Å². The standard InChI is InChI=1S/C26H27NO7/c1-14-9-7-8-10-18(14)24(28)34-19-12-11-17(13-20(19)31-4)23-21(25(29)32-5)15(2)27-16(3)22(23)26(30)33-6/h7-13,23,27H,1-6H3. The Kier molecular flexibility index (Phi) is 7.40. The summed E-state index contributed by atoms with van der Waals surface area (Å²) < 4.78 is 21.1. The van der Waals surface area contributed by atoms with Crippen LogP contribution in [0.1, 0.15) is 41.3 Å². The molecule has 1 aliphatic rings. The largest absolute Gasteiger partial charge is 0.493 e. The zero-order chi connectivity index (χ0) is 25.0. The zero-order valence-corrected chi connectivity index (χ0v) is 20.0. The van der Waals surface area contributed by atoms with E-state index in [1.54, 1.807) is 44.2 Å².